The molecule has 5 rings (SSSR count). The van der Waals surface area contributed by atoms with Gasteiger partial charge >= 0.3 is 18.8 Å². The summed E-state index contributed by atoms with van der Waals surface area (Å²) >= 11 is 0. The van der Waals surface area contributed by atoms with E-state index in [0.717, 1.165) is 40.7 Å². The molecule has 230 valence electrons. The van der Waals surface area contributed by atoms with E-state index >= 15 is 0 Å². The van der Waals surface area contributed by atoms with Gasteiger partial charge in [0.1, 0.15) is 11.6 Å². The second-order valence-electron chi connectivity index (χ2n) is 10.1. The second kappa shape index (κ2) is 11.6. The molecule has 0 radical (unpaired) electrons. The Labute approximate surface area is 242 Å². The number of rotatable bonds is 8. The number of hydrogen-bond acceptors (Lipinski definition) is 6. The molecule has 2 aliphatic heterocycles. The largest absolute Gasteiger partial charge is 0.481 e. The number of aliphatic carboxylic acids is 1. The topological polar surface area (TPSA) is 90.4 Å². The van der Waals surface area contributed by atoms with E-state index in [0.29, 0.717) is 31.4 Å². The first-order chi connectivity index (χ1) is 20.2. The van der Waals surface area contributed by atoms with Crippen molar-refractivity contribution >= 4 is 27.4 Å². The zero-order valence-corrected chi connectivity index (χ0v) is 23.1. The third kappa shape index (κ3) is 6.51. The van der Waals surface area contributed by atoms with Crippen molar-refractivity contribution in [2.75, 3.05) is 41.9 Å². The molecule has 0 saturated carbocycles. The molecule has 0 amide bonds. The lowest BCUT2D eigenvalue weighted by molar-refractivity contribution is -0.138. The number of benzene rings is 3. The van der Waals surface area contributed by atoms with E-state index in [1.807, 2.05) is 9.80 Å². The number of fused-ring (bicyclic) bond motifs is 3. The van der Waals surface area contributed by atoms with E-state index in [2.05, 4.69) is 4.74 Å². The Bertz CT molecular complexity index is 1640. The quantitative estimate of drug-likeness (QED) is 0.339. The van der Waals surface area contributed by atoms with Crippen LogP contribution in [0.25, 0.3) is 11.1 Å². The predicted molar refractivity (Wildman–Crippen MR) is 144 cm³/mol. The molecule has 15 heteroatoms. The van der Waals surface area contributed by atoms with Gasteiger partial charge in [0.2, 0.25) is 0 Å². The van der Waals surface area contributed by atoms with Gasteiger partial charge in [0.25, 0.3) is 10.0 Å². The Morgan fingerprint density at radius 1 is 0.977 bits per heavy atom. The summed E-state index contributed by atoms with van der Waals surface area (Å²) in [5.74, 6) is -2.32. The number of alkyl halides is 5. The van der Waals surface area contributed by atoms with E-state index in [9.17, 15) is 39.6 Å². The molecular weight excluding hydrogens is 604 g/mol. The average molecular weight is 630 g/mol. The Hall–Kier alpha value is -3.98. The highest BCUT2D eigenvalue weighted by atomic mass is 32.2. The molecule has 2 aliphatic rings. The van der Waals surface area contributed by atoms with Crippen LogP contribution in [0.5, 0.6) is 5.75 Å². The fourth-order valence-electron chi connectivity index (χ4n) is 5.37. The smallest absolute Gasteiger partial charge is 0.416 e. The van der Waals surface area contributed by atoms with E-state index in [4.69, 9.17) is 5.11 Å². The predicted octanol–water partition coefficient (Wildman–Crippen LogP) is 5.29. The SMILES string of the molecule is O=C(O)CCN1CCN2c3ccc(-c4cc(F)cc(OC(F)F)c4)cc3N(S(=O)(=O)c3cccc(C(F)(F)F)c3)CC2C1. The van der Waals surface area contributed by atoms with Crippen LogP contribution < -0.4 is 13.9 Å². The number of anilines is 2. The summed E-state index contributed by atoms with van der Waals surface area (Å²) in [5, 5.41) is 9.09. The number of hydrogen-bond donors (Lipinski definition) is 1. The summed E-state index contributed by atoms with van der Waals surface area (Å²) in [6.45, 7) is -1.99. The maximum absolute atomic E-state index is 14.3. The highest BCUT2D eigenvalue weighted by molar-refractivity contribution is 7.92. The first-order valence-electron chi connectivity index (χ1n) is 13.0. The Morgan fingerprint density at radius 2 is 1.74 bits per heavy atom. The maximum Gasteiger partial charge on any atom is 0.416 e. The fourth-order valence-corrected chi connectivity index (χ4v) is 6.93. The molecule has 3 aromatic rings. The van der Waals surface area contributed by atoms with Gasteiger partial charge in [-0.2, -0.15) is 22.0 Å². The molecular formula is C28H25F6N3O5S. The second-order valence-corrected chi connectivity index (χ2v) is 12.0. The number of halogens is 6. The van der Waals surface area contributed by atoms with Crippen LogP contribution in [-0.2, 0) is 21.0 Å². The van der Waals surface area contributed by atoms with Crippen molar-refractivity contribution in [3.8, 4) is 16.9 Å². The molecule has 0 spiro atoms. The van der Waals surface area contributed by atoms with E-state index in [1.54, 1.807) is 12.1 Å². The molecule has 1 saturated heterocycles. The minimum Gasteiger partial charge on any atom is -0.481 e. The highest BCUT2D eigenvalue weighted by Gasteiger charge is 2.41. The van der Waals surface area contributed by atoms with Crippen molar-refractivity contribution in [1.29, 1.82) is 0 Å². The Kier molecular flexibility index (Phi) is 8.22. The van der Waals surface area contributed by atoms with Gasteiger partial charge < -0.3 is 14.7 Å². The summed E-state index contributed by atoms with van der Waals surface area (Å²) in [6, 6.07) is 10.4. The lowest BCUT2D eigenvalue weighted by Crippen LogP contribution is -2.60. The van der Waals surface area contributed by atoms with Crippen LogP contribution in [0.1, 0.15) is 12.0 Å². The van der Waals surface area contributed by atoms with Crippen LogP contribution in [0.15, 0.2) is 65.6 Å². The molecule has 1 atom stereocenters. The molecule has 0 aliphatic carbocycles. The molecule has 0 aromatic heterocycles. The van der Waals surface area contributed by atoms with Crippen molar-refractivity contribution in [3.63, 3.8) is 0 Å². The maximum atomic E-state index is 14.3. The standard InChI is InChI=1S/C28H25F6N3O5S/c29-20-10-18(11-22(14-20)42-27(30)31)17-4-5-24-25(12-17)37(16-21-15-35(7-6-26(38)39)8-9-36(21)24)43(40,41)23-3-1-2-19(13-23)28(32,33)34/h1-5,10-14,21,27H,6-9,15-16H2,(H,38,39). The normalized spacial score (nSPS) is 17.5. The van der Waals surface area contributed by atoms with Crippen LogP contribution in [0.4, 0.5) is 37.7 Å². The highest BCUT2D eigenvalue weighted by Crippen LogP contribution is 2.43. The first-order valence-corrected chi connectivity index (χ1v) is 14.5. The summed E-state index contributed by atoms with van der Waals surface area (Å²) in [5.41, 5.74) is -0.250. The van der Waals surface area contributed by atoms with Gasteiger partial charge in [-0.05, 0) is 53.6 Å². The van der Waals surface area contributed by atoms with Crippen molar-refractivity contribution in [3.05, 3.63) is 72.0 Å². The fraction of sp³-hybridized carbons (Fsp3) is 0.321. The Morgan fingerprint density at radius 3 is 2.44 bits per heavy atom. The van der Waals surface area contributed by atoms with E-state index in [1.165, 1.54) is 6.07 Å². The third-order valence-electron chi connectivity index (χ3n) is 7.32. The lowest BCUT2D eigenvalue weighted by atomic mass is 10.00. The summed E-state index contributed by atoms with van der Waals surface area (Å²) in [6.07, 6.45) is -4.91. The number of carboxylic acid groups (broad SMARTS) is 1. The third-order valence-corrected chi connectivity index (χ3v) is 9.09. The molecule has 43 heavy (non-hydrogen) atoms. The molecule has 3 aromatic carbocycles. The minimum atomic E-state index is -4.79. The van der Waals surface area contributed by atoms with Gasteiger partial charge in [-0.3, -0.25) is 14.0 Å². The van der Waals surface area contributed by atoms with E-state index in [-0.39, 0.29) is 36.3 Å². The minimum absolute atomic E-state index is 0.103. The van der Waals surface area contributed by atoms with Crippen LogP contribution >= 0.6 is 0 Å². The van der Waals surface area contributed by atoms with Crippen LogP contribution in [-0.4, -0.2) is 69.8 Å². The van der Waals surface area contributed by atoms with Crippen molar-refractivity contribution in [2.45, 2.75) is 30.1 Å². The molecule has 8 nitrogen and oxygen atoms in total. The summed E-state index contributed by atoms with van der Waals surface area (Å²) < 4.78 is 114. The molecule has 2 heterocycles. The zero-order chi connectivity index (χ0) is 31.1. The van der Waals surface area contributed by atoms with Gasteiger partial charge in [-0.25, -0.2) is 12.8 Å². The summed E-state index contributed by atoms with van der Waals surface area (Å²) in [4.78, 5) is 14.3. The van der Waals surface area contributed by atoms with Gasteiger partial charge in [0.15, 0.2) is 0 Å². The number of carboxylic acids is 1. The number of nitrogens with zero attached hydrogens (tertiary/aromatic N) is 3. The number of sulfonamides is 1. The number of carbonyl (C=O) groups is 1. The molecule has 0 bridgehead atoms. The van der Waals surface area contributed by atoms with Crippen LogP contribution in [0.3, 0.4) is 0 Å². The van der Waals surface area contributed by atoms with Crippen LogP contribution in [0, 0.1) is 5.82 Å². The monoisotopic (exact) mass is 629 g/mol. The van der Waals surface area contributed by atoms with Gasteiger partial charge in [-0.15, -0.1) is 0 Å². The van der Waals surface area contributed by atoms with Crippen molar-refractivity contribution in [2.24, 2.45) is 0 Å². The van der Waals surface area contributed by atoms with Gasteiger partial charge in [0.05, 0.1) is 40.8 Å². The molecule has 1 fully saturated rings. The zero-order valence-electron chi connectivity index (χ0n) is 22.3. The summed E-state index contributed by atoms with van der Waals surface area (Å²) in [7, 11) is -4.59. The van der Waals surface area contributed by atoms with Crippen molar-refractivity contribution < 1.29 is 49.4 Å². The van der Waals surface area contributed by atoms with E-state index < -0.39 is 56.8 Å². The number of ether oxygens (including phenoxy) is 1. The molecule has 1 N–H and O–H groups in total. The average Bonchev–Trinajstić information content (AvgIpc) is 2.94. The van der Waals surface area contributed by atoms with Gasteiger partial charge in [0, 0.05) is 32.2 Å². The van der Waals surface area contributed by atoms with Crippen LogP contribution in [0.2, 0.25) is 0 Å². The van der Waals surface area contributed by atoms with Crippen molar-refractivity contribution in [1.82, 2.24) is 4.90 Å². The van der Waals surface area contributed by atoms with Gasteiger partial charge in [-0.1, -0.05) is 12.1 Å². The molecule has 1 unspecified atom stereocenters. The Balaban J connectivity index is 1.60. The number of piperazine rings is 1. The first kappa shape index (κ1) is 30.5. The lowest BCUT2D eigenvalue weighted by Gasteiger charge is -2.49.